The summed E-state index contributed by atoms with van der Waals surface area (Å²) in [6, 6.07) is 8.32. The van der Waals surface area contributed by atoms with Crippen molar-refractivity contribution < 1.29 is 9.90 Å². The molecule has 1 aliphatic rings. The van der Waals surface area contributed by atoms with Crippen LogP contribution in [0.4, 0.5) is 5.69 Å². The van der Waals surface area contributed by atoms with E-state index in [9.17, 15) is 9.90 Å². The van der Waals surface area contributed by atoms with Crippen LogP contribution in [-0.4, -0.2) is 43.2 Å². The Morgan fingerprint density at radius 3 is 2.70 bits per heavy atom. The molecule has 0 radical (unpaired) electrons. The molecule has 1 aromatic rings. The second kappa shape index (κ2) is 6.27. The van der Waals surface area contributed by atoms with Gasteiger partial charge in [-0.15, -0.1) is 0 Å². The third-order valence-corrected chi connectivity index (χ3v) is 3.95. The van der Waals surface area contributed by atoms with Crippen LogP contribution in [0.5, 0.6) is 0 Å². The maximum atomic E-state index is 11.2. The molecule has 4 heteroatoms. The minimum absolute atomic E-state index is 0.231. The van der Waals surface area contributed by atoms with Crippen molar-refractivity contribution in [3.8, 4) is 0 Å². The zero-order valence-electron chi connectivity index (χ0n) is 12.5. The van der Waals surface area contributed by atoms with Gasteiger partial charge < -0.3 is 10.0 Å². The standard InChI is InChI=1S/C16H24N2O2/c1-12-8-14(16(19)20)11-18(9-12)10-13-6-4-5-7-15(13)17(2)3/h4-7,12,14H,8-11H2,1-3H3,(H,19,20). The number of benzene rings is 1. The summed E-state index contributed by atoms with van der Waals surface area (Å²) >= 11 is 0. The molecular formula is C16H24N2O2. The van der Waals surface area contributed by atoms with E-state index >= 15 is 0 Å². The highest BCUT2D eigenvalue weighted by atomic mass is 16.4. The topological polar surface area (TPSA) is 43.8 Å². The zero-order chi connectivity index (χ0) is 14.7. The van der Waals surface area contributed by atoms with E-state index in [1.165, 1.54) is 11.3 Å². The molecule has 1 saturated heterocycles. The third-order valence-electron chi connectivity index (χ3n) is 3.95. The smallest absolute Gasteiger partial charge is 0.307 e. The lowest BCUT2D eigenvalue weighted by molar-refractivity contribution is -0.144. The van der Waals surface area contributed by atoms with E-state index in [1.54, 1.807) is 0 Å². The van der Waals surface area contributed by atoms with Crippen molar-refractivity contribution in [3.63, 3.8) is 0 Å². The fourth-order valence-corrected chi connectivity index (χ4v) is 3.09. The fraction of sp³-hybridized carbons (Fsp3) is 0.562. The van der Waals surface area contributed by atoms with E-state index < -0.39 is 5.97 Å². The maximum absolute atomic E-state index is 11.2. The van der Waals surface area contributed by atoms with Crippen molar-refractivity contribution in [1.29, 1.82) is 0 Å². The number of likely N-dealkylation sites (tertiary alicyclic amines) is 1. The van der Waals surface area contributed by atoms with Crippen LogP contribution >= 0.6 is 0 Å². The highest BCUT2D eigenvalue weighted by Gasteiger charge is 2.29. The number of para-hydroxylation sites is 1. The lowest BCUT2D eigenvalue weighted by atomic mass is 9.90. The number of hydrogen-bond acceptors (Lipinski definition) is 3. The number of carboxylic acids is 1. The van der Waals surface area contributed by atoms with Gasteiger partial charge in [0.15, 0.2) is 0 Å². The fourth-order valence-electron chi connectivity index (χ4n) is 3.09. The minimum Gasteiger partial charge on any atom is -0.481 e. The summed E-state index contributed by atoms with van der Waals surface area (Å²) in [6.07, 6.45) is 0.793. The van der Waals surface area contributed by atoms with Gasteiger partial charge in [-0.05, 0) is 24.0 Å². The van der Waals surface area contributed by atoms with Crippen LogP contribution in [0.15, 0.2) is 24.3 Å². The number of anilines is 1. The molecule has 1 aliphatic heterocycles. The molecule has 0 aliphatic carbocycles. The Kier molecular flexibility index (Phi) is 4.65. The van der Waals surface area contributed by atoms with E-state index in [1.807, 2.05) is 26.2 Å². The van der Waals surface area contributed by atoms with Gasteiger partial charge in [0.1, 0.15) is 0 Å². The number of nitrogens with zero attached hydrogens (tertiary/aromatic N) is 2. The quantitative estimate of drug-likeness (QED) is 0.916. The van der Waals surface area contributed by atoms with E-state index in [-0.39, 0.29) is 5.92 Å². The summed E-state index contributed by atoms with van der Waals surface area (Å²) in [6.45, 7) is 4.59. The van der Waals surface area contributed by atoms with Crippen LogP contribution in [0.3, 0.4) is 0 Å². The lowest BCUT2D eigenvalue weighted by Crippen LogP contribution is -2.42. The Morgan fingerprint density at radius 1 is 1.35 bits per heavy atom. The predicted octanol–water partition coefficient (Wildman–Crippen LogP) is 2.30. The summed E-state index contributed by atoms with van der Waals surface area (Å²) in [5.41, 5.74) is 2.47. The van der Waals surface area contributed by atoms with Crippen molar-refractivity contribution in [1.82, 2.24) is 4.90 Å². The van der Waals surface area contributed by atoms with E-state index in [0.717, 1.165) is 19.5 Å². The van der Waals surface area contributed by atoms with Gasteiger partial charge in [0.25, 0.3) is 0 Å². The van der Waals surface area contributed by atoms with Gasteiger partial charge in [0.05, 0.1) is 5.92 Å². The summed E-state index contributed by atoms with van der Waals surface area (Å²) in [4.78, 5) is 15.6. The van der Waals surface area contributed by atoms with E-state index in [4.69, 9.17) is 0 Å². The summed E-state index contributed by atoms with van der Waals surface area (Å²) in [5.74, 6) is -0.455. The number of piperidine rings is 1. The van der Waals surface area contributed by atoms with Crippen LogP contribution in [0.2, 0.25) is 0 Å². The highest BCUT2D eigenvalue weighted by molar-refractivity contribution is 5.70. The number of carbonyl (C=O) groups is 1. The molecular weight excluding hydrogens is 252 g/mol. The molecule has 0 bridgehead atoms. The van der Waals surface area contributed by atoms with Crippen molar-refractivity contribution >= 4 is 11.7 Å². The summed E-state index contributed by atoms with van der Waals surface area (Å²) in [7, 11) is 4.08. The molecule has 4 nitrogen and oxygen atoms in total. The first-order valence-electron chi connectivity index (χ1n) is 7.17. The second-order valence-electron chi connectivity index (χ2n) is 6.09. The minimum atomic E-state index is -0.664. The SMILES string of the molecule is CC1CC(C(=O)O)CN(Cc2ccccc2N(C)C)C1. The van der Waals surface area contributed by atoms with Crippen LogP contribution in [0, 0.1) is 11.8 Å². The Labute approximate surface area is 121 Å². The molecule has 20 heavy (non-hydrogen) atoms. The van der Waals surface area contributed by atoms with Gasteiger partial charge in [0, 0.05) is 39.4 Å². The van der Waals surface area contributed by atoms with Gasteiger partial charge in [-0.2, -0.15) is 0 Å². The maximum Gasteiger partial charge on any atom is 0.307 e. The van der Waals surface area contributed by atoms with Gasteiger partial charge in [-0.1, -0.05) is 25.1 Å². The van der Waals surface area contributed by atoms with Crippen LogP contribution in [0.25, 0.3) is 0 Å². The van der Waals surface area contributed by atoms with Gasteiger partial charge in [-0.25, -0.2) is 0 Å². The Bertz CT molecular complexity index is 473. The highest BCUT2D eigenvalue weighted by Crippen LogP contribution is 2.26. The third kappa shape index (κ3) is 3.51. The van der Waals surface area contributed by atoms with Crippen LogP contribution in [0.1, 0.15) is 18.9 Å². The van der Waals surface area contributed by atoms with E-state index in [2.05, 4.69) is 28.9 Å². The van der Waals surface area contributed by atoms with Gasteiger partial charge >= 0.3 is 5.97 Å². The Balaban J connectivity index is 2.11. The van der Waals surface area contributed by atoms with Crippen molar-refractivity contribution in [2.24, 2.45) is 11.8 Å². The number of rotatable bonds is 4. The Morgan fingerprint density at radius 2 is 2.05 bits per heavy atom. The average molecular weight is 276 g/mol. The van der Waals surface area contributed by atoms with Crippen molar-refractivity contribution in [2.75, 3.05) is 32.1 Å². The summed E-state index contributed by atoms with van der Waals surface area (Å²) in [5, 5.41) is 9.25. The second-order valence-corrected chi connectivity index (χ2v) is 6.09. The summed E-state index contributed by atoms with van der Waals surface area (Å²) < 4.78 is 0. The van der Waals surface area contributed by atoms with Crippen LogP contribution in [-0.2, 0) is 11.3 Å². The molecule has 0 saturated carbocycles. The normalized spacial score (nSPS) is 23.6. The zero-order valence-corrected chi connectivity index (χ0v) is 12.5. The first-order valence-corrected chi connectivity index (χ1v) is 7.17. The molecule has 2 atom stereocenters. The molecule has 0 spiro atoms. The number of hydrogen-bond donors (Lipinski definition) is 1. The molecule has 0 amide bonds. The predicted molar refractivity (Wildman–Crippen MR) is 81.0 cm³/mol. The first-order chi connectivity index (χ1) is 9.47. The molecule has 1 heterocycles. The van der Waals surface area contributed by atoms with Crippen molar-refractivity contribution in [3.05, 3.63) is 29.8 Å². The molecule has 1 N–H and O–H groups in total. The average Bonchev–Trinajstić information content (AvgIpc) is 2.38. The van der Waals surface area contributed by atoms with Gasteiger partial charge in [-0.3, -0.25) is 9.69 Å². The molecule has 2 rings (SSSR count). The van der Waals surface area contributed by atoms with Crippen LogP contribution < -0.4 is 4.90 Å². The van der Waals surface area contributed by atoms with E-state index in [0.29, 0.717) is 12.5 Å². The molecule has 0 aromatic heterocycles. The molecule has 2 unspecified atom stereocenters. The molecule has 110 valence electrons. The number of aliphatic carboxylic acids is 1. The van der Waals surface area contributed by atoms with Gasteiger partial charge in [0.2, 0.25) is 0 Å². The Hall–Kier alpha value is -1.55. The number of carboxylic acid groups (broad SMARTS) is 1. The largest absolute Gasteiger partial charge is 0.481 e. The molecule has 1 fully saturated rings. The van der Waals surface area contributed by atoms with Crippen molar-refractivity contribution in [2.45, 2.75) is 19.9 Å². The lowest BCUT2D eigenvalue weighted by Gasteiger charge is -2.35. The first kappa shape index (κ1) is 14.9. The molecule has 1 aromatic carbocycles. The monoisotopic (exact) mass is 276 g/mol.